The summed E-state index contributed by atoms with van der Waals surface area (Å²) < 4.78 is 7.11. The van der Waals surface area contributed by atoms with E-state index in [1.165, 1.54) is 0 Å². The second-order valence-electron chi connectivity index (χ2n) is 4.05. The van der Waals surface area contributed by atoms with Crippen LogP contribution in [0.3, 0.4) is 0 Å². The summed E-state index contributed by atoms with van der Waals surface area (Å²) in [6.07, 6.45) is 0. The van der Waals surface area contributed by atoms with Crippen LogP contribution in [0.5, 0.6) is 5.75 Å². The minimum absolute atomic E-state index is 0.562. The first-order valence-electron chi connectivity index (χ1n) is 5.48. The fourth-order valence-corrected chi connectivity index (χ4v) is 2.17. The van der Waals surface area contributed by atoms with Gasteiger partial charge in [-0.05, 0) is 36.8 Å². The molecule has 4 heteroatoms. The molecule has 18 heavy (non-hydrogen) atoms. The number of nitrogens with zero attached hydrogens (tertiary/aromatic N) is 2. The molecule has 0 radical (unpaired) electrons. The second-order valence-corrected chi connectivity index (χ2v) is 4.46. The highest BCUT2D eigenvalue weighted by Gasteiger charge is 2.11. The van der Waals surface area contributed by atoms with E-state index >= 15 is 0 Å². The maximum absolute atomic E-state index is 9.03. The van der Waals surface area contributed by atoms with Crippen molar-refractivity contribution in [1.82, 2.24) is 4.57 Å². The highest BCUT2D eigenvalue weighted by molar-refractivity contribution is 6.32. The predicted octanol–water partition coefficient (Wildman–Crippen LogP) is 3.53. The molecule has 0 aliphatic rings. The lowest BCUT2D eigenvalue weighted by molar-refractivity contribution is 0.415. The van der Waals surface area contributed by atoms with Crippen molar-refractivity contribution in [1.29, 1.82) is 5.26 Å². The molecule has 0 saturated heterocycles. The topological polar surface area (TPSA) is 37.9 Å². The number of ether oxygens (including phenoxy) is 1. The molecule has 3 nitrogen and oxygen atoms in total. The summed E-state index contributed by atoms with van der Waals surface area (Å²) in [5.41, 5.74) is 3.56. The summed E-state index contributed by atoms with van der Waals surface area (Å²) in [5.74, 6) is 0.645. The average molecular weight is 261 g/mol. The van der Waals surface area contributed by atoms with Gasteiger partial charge in [-0.2, -0.15) is 5.26 Å². The molecule has 0 fully saturated rings. The van der Waals surface area contributed by atoms with Crippen molar-refractivity contribution in [3.05, 3.63) is 40.5 Å². The number of hydrogen-bond donors (Lipinski definition) is 0. The van der Waals surface area contributed by atoms with E-state index in [-0.39, 0.29) is 0 Å². The molecule has 0 saturated carbocycles. The van der Waals surface area contributed by atoms with Crippen LogP contribution in [0, 0.1) is 18.3 Å². The van der Waals surface area contributed by atoms with Crippen molar-refractivity contribution in [3.63, 3.8) is 0 Å². The lowest BCUT2D eigenvalue weighted by Crippen LogP contribution is -1.94. The summed E-state index contributed by atoms with van der Waals surface area (Å²) in [6.45, 7) is 1.92. The van der Waals surface area contributed by atoms with Crippen molar-refractivity contribution in [2.45, 2.75) is 6.92 Å². The zero-order chi connectivity index (χ0) is 13.3. The molecule has 0 aliphatic carbocycles. The first-order chi connectivity index (χ1) is 8.58. The van der Waals surface area contributed by atoms with E-state index in [4.69, 9.17) is 21.6 Å². The van der Waals surface area contributed by atoms with Crippen molar-refractivity contribution in [2.24, 2.45) is 7.05 Å². The Hall–Kier alpha value is -1.92. The number of methoxy groups -OCH3 is 1. The third kappa shape index (κ3) is 1.96. The van der Waals surface area contributed by atoms with Gasteiger partial charge in [0.05, 0.1) is 17.7 Å². The van der Waals surface area contributed by atoms with E-state index in [2.05, 4.69) is 6.07 Å². The van der Waals surface area contributed by atoms with Crippen LogP contribution in [0.4, 0.5) is 0 Å². The standard InChI is InChI=1S/C14H13ClN2O/c1-9-11(8-16)7-13(17(9)2)10-4-5-14(18-3)12(15)6-10/h4-7H,1-3H3. The summed E-state index contributed by atoms with van der Waals surface area (Å²) in [7, 11) is 3.52. The van der Waals surface area contributed by atoms with Crippen LogP contribution in [-0.2, 0) is 7.05 Å². The van der Waals surface area contributed by atoms with Crippen LogP contribution >= 0.6 is 11.6 Å². The van der Waals surface area contributed by atoms with E-state index in [0.29, 0.717) is 16.3 Å². The first kappa shape index (κ1) is 12.5. The Morgan fingerprint density at radius 3 is 2.56 bits per heavy atom. The molecule has 0 unspecified atom stereocenters. The molecule has 0 atom stereocenters. The zero-order valence-corrected chi connectivity index (χ0v) is 11.2. The van der Waals surface area contributed by atoms with E-state index in [1.54, 1.807) is 7.11 Å². The SMILES string of the molecule is COc1ccc(-c2cc(C#N)c(C)n2C)cc1Cl. The minimum atomic E-state index is 0.562. The van der Waals surface area contributed by atoms with Gasteiger partial charge in [0, 0.05) is 18.4 Å². The maximum atomic E-state index is 9.03. The summed E-state index contributed by atoms with van der Waals surface area (Å²) in [4.78, 5) is 0. The van der Waals surface area contributed by atoms with E-state index in [9.17, 15) is 0 Å². The van der Waals surface area contributed by atoms with Crippen molar-refractivity contribution < 1.29 is 4.74 Å². The Morgan fingerprint density at radius 1 is 1.33 bits per heavy atom. The minimum Gasteiger partial charge on any atom is -0.495 e. The first-order valence-corrected chi connectivity index (χ1v) is 5.86. The van der Waals surface area contributed by atoms with E-state index < -0.39 is 0 Å². The molecule has 2 aromatic rings. The Bertz CT molecular complexity index is 638. The molecule has 0 N–H and O–H groups in total. The van der Waals surface area contributed by atoms with Crippen LogP contribution in [-0.4, -0.2) is 11.7 Å². The number of rotatable bonds is 2. The normalized spacial score (nSPS) is 10.2. The van der Waals surface area contributed by atoms with Crippen molar-refractivity contribution >= 4 is 11.6 Å². The number of aromatic nitrogens is 1. The molecule has 0 bridgehead atoms. The summed E-state index contributed by atoms with van der Waals surface area (Å²) >= 11 is 6.11. The molecular formula is C14H13ClN2O. The number of halogens is 1. The van der Waals surface area contributed by atoms with Crippen LogP contribution in [0.15, 0.2) is 24.3 Å². The van der Waals surface area contributed by atoms with Gasteiger partial charge in [-0.15, -0.1) is 0 Å². The molecule has 0 amide bonds. The predicted molar refractivity (Wildman–Crippen MR) is 71.9 cm³/mol. The van der Waals surface area contributed by atoms with Crippen LogP contribution in [0.25, 0.3) is 11.3 Å². The zero-order valence-electron chi connectivity index (χ0n) is 10.5. The van der Waals surface area contributed by atoms with Crippen LogP contribution < -0.4 is 4.74 Å². The van der Waals surface area contributed by atoms with Gasteiger partial charge in [0.15, 0.2) is 0 Å². The Balaban J connectivity index is 2.56. The van der Waals surface area contributed by atoms with Crippen LogP contribution in [0.2, 0.25) is 5.02 Å². The molecule has 92 valence electrons. The van der Waals surface area contributed by atoms with E-state index in [1.807, 2.05) is 42.8 Å². The number of nitriles is 1. The second kappa shape index (κ2) is 4.75. The highest BCUT2D eigenvalue weighted by atomic mass is 35.5. The molecular weight excluding hydrogens is 248 g/mol. The fourth-order valence-electron chi connectivity index (χ4n) is 1.92. The largest absolute Gasteiger partial charge is 0.495 e. The highest BCUT2D eigenvalue weighted by Crippen LogP contribution is 2.31. The lowest BCUT2D eigenvalue weighted by atomic mass is 10.1. The Kier molecular flexibility index (Phi) is 3.31. The smallest absolute Gasteiger partial charge is 0.137 e. The van der Waals surface area contributed by atoms with Gasteiger partial charge in [-0.1, -0.05) is 11.6 Å². The van der Waals surface area contributed by atoms with E-state index in [0.717, 1.165) is 17.0 Å². The third-order valence-electron chi connectivity index (χ3n) is 3.10. The average Bonchev–Trinajstić information content (AvgIpc) is 2.66. The van der Waals surface area contributed by atoms with Gasteiger partial charge in [-0.3, -0.25) is 0 Å². The molecule has 2 rings (SSSR count). The summed E-state index contributed by atoms with van der Waals surface area (Å²) in [6, 6.07) is 9.65. The number of hydrogen-bond acceptors (Lipinski definition) is 2. The fraction of sp³-hybridized carbons (Fsp3) is 0.214. The van der Waals surface area contributed by atoms with Gasteiger partial charge in [0.25, 0.3) is 0 Å². The Morgan fingerprint density at radius 2 is 2.06 bits per heavy atom. The molecule has 1 heterocycles. The molecule has 1 aromatic carbocycles. The van der Waals surface area contributed by atoms with Crippen molar-refractivity contribution in [3.8, 4) is 23.1 Å². The van der Waals surface area contributed by atoms with Gasteiger partial charge >= 0.3 is 0 Å². The van der Waals surface area contributed by atoms with Gasteiger partial charge < -0.3 is 9.30 Å². The third-order valence-corrected chi connectivity index (χ3v) is 3.40. The van der Waals surface area contributed by atoms with Gasteiger partial charge in [-0.25, -0.2) is 0 Å². The quantitative estimate of drug-likeness (QED) is 0.828. The van der Waals surface area contributed by atoms with Crippen molar-refractivity contribution in [2.75, 3.05) is 7.11 Å². The van der Waals surface area contributed by atoms with Gasteiger partial charge in [0.2, 0.25) is 0 Å². The molecule has 0 aliphatic heterocycles. The Labute approximate surface area is 111 Å². The summed E-state index contributed by atoms with van der Waals surface area (Å²) in [5, 5.41) is 9.59. The monoisotopic (exact) mass is 260 g/mol. The maximum Gasteiger partial charge on any atom is 0.137 e. The van der Waals surface area contributed by atoms with Gasteiger partial charge in [0.1, 0.15) is 11.8 Å². The molecule has 0 spiro atoms. The number of benzene rings is 1. The lowest BCUT2D eigenvalue weighted by Gasteiger charge is -2.08. The van der Waals surface area contributed by atoms with Crippen LogP contribution in [0.1, 0.15) is 11.3 Å². The molecule has 1 aromatic heterocycles.